The van der Waals surface area contributed by atoms with Crippen molar-refractivity contribution in [1.82, 2.24) is 20.8 Å². The number of nitrogens with zero attached hydrogens (tertiary/aromatic N) is 1. The van der Waals surface area contributed by atoms with Crippen molar-refractivity contribution < 1.29 is 54.8 Å². The summed E-state index contributed by atoms with van der Waals surface area (Å²) in [5.41, 5.74) is 1.91. The first-order valence-corrected chi connectivity index (χ1v) is 14.1. The third-order valence-electron chi connectivity index (χ3n) is 7.36. The highest BCUT2D eigenvalue weighted by atomic mass is 16.7. The lowest BCUT2D eigenvalue weighted by Crippen LogP contribution is -2.60. The lowest BCUT2D eigenvalue weighted by atomic mass is 9.96. The molecular weight excluding hydrogens is 568 g/mol. The number of carbonyl (C=O) groups excluding carboxylic acids is 1. The van der Waals surface area contributed by atoms with E-state index >= 15 is 0 Å². The lowest BCUT2D eigenvalue weighted by Gasteiger charge is -2.39. The monoisotopic (exact) mass is 612 g/mol. The molecule has 2 amide bonds. The van der Waals surface area contributed by atoms with Crippen LogP contribution in [0.2, 0.25) is 0 Å². The minimum absolute atomic E-state index is 0.0561. The van der Waals surface area contributed by atoms with Crippen molar-refractivity contribution in [3.63, 3.8) is 0 Å². The van der Waals surface area contributed by atoms with Gasteiger partial charge in [-0.1, -0.05) is 19.9 Å². The van der Waals surface area contributed by atoms with Crippen LogP contribution < -0.4 is 20.1 Å². The molecule has 1 aliphatic heterocycles. The fourth-order valence-corrected chi connectivity index (χ4v) is 4.55. The molecule has 0 aliphatic carbocycles. The van der Waals surface area contributed by atoms with Crippen LogP contribution in [-0.4, -0.2) is 128 Å². The highest BCUT2D eigenvalue weighted by molar-refractivity contribution is 5.74. The number of aliphatic hydroxyl groups is 7. The number of benzene rings is 1. The number of urea groups is 1. The van der Waals surface area contributed by atoms with Gasteiger partial charge in [-0.25, -0.2) is 4.79 Å². The number of rotatable bonds is 15. The predicted octanol–water partition coefficient (Wildman–Crippen LogP) is -1.61. The Kier molecular flexibility index (Phi) is 12.5. The summed E-state index contributed by atoms with van der Waals surface area (Å²) in [6.07, 6.45) is -6.22. The Morgan fingerprint density at radius 1 is 1.09 bits per heavy atom. The fraction of sp³-hybridized carbons (Fsp3) is 0.643. The van der Waals surface area contributed by atoms with E-state index in [2.05, 4.69) is 20.8 Å². The van der Waals surface area contributed by atoms with Crippen LogP contribution in [0.3, 0.4) is 0 Å². The van der Waals surface area contributed by atoms with Crippen molar-refractivity contribution in [2.24, 2.45) is 0 Å². The molecule has 0 saturated carbocycles. The molecule has 2 heterocycles. The average molecular weight is 613 g/mol. The first-order chi connectivity index (χ1) is 20.5. The molecule has 242 valence electrons. The van der Waals surface area contributed by atoms with Crippen LogP contribution in [0.15, 0.2) is 18.2 Å². The van der Waals surface area contributed by atoms with Gasteiger partial charge in [0.05, 0.1) is 33.0 Å². The van der Waals surface area contributed by atoms with Crippen LogP contribution >= 0.6 is 0 Å². The standard InChI is InChI=1S/C28H44N4O11/c1-15(2)21-19(25(32-31-21)43-26-24(39)23(38)22(37)20(11-33)42-26)10-17-5-6-18(9-16(17)3)41-8-4-7-29-27(40)30-28(12-34,13-35)14-36/h5-6,9,15,20,22-24,26,33-39H,4,7-8,10-14H2,1-3H3,(H,31,32)(H2,29,30,40)/t20-,22-,23+,24-,26+/m1/s1. The van der Waals surface area contributed by atoms with E-state index in [4.69, 9.17) is 14.2 Å². The van der Waals surface area contributed by atoms with Gasteiger partial charge in [-0.2, -0.15) is 0 Å². The summed E-state index contributed by atoms with van der Waals surface area (Å²) in [7, 11) is 0. The van der Waals surface area contributed by atoms with Crippen molar-refractivity contribution >= 4 is 6.03 Å². The van der Waals surface area contributed by atoms with E-state index in [1.54, 1.807) is 0 Å². The molecule has 0 spiro atoms. The molecule has 0 bridgehead atoms. The van der Waals surface area contributed by atoms with Gasteiger partial charge in [-0.05, 0) is 42.5 Å². The predicted molar refractivity (Wildman–Crippen MR) is 152 cm³/mol. The molecule has 0 unspecified atom stereocenters. The third-order valence-corrected chi connectivity index (χ3v) is 7.36. The van der Waals surface area contributed by atoms with E-state index in [1.165, 1.54) is 0 Å². The maximum Gasteiger partial charge on any atom is 0.315 e. The van der Waals surface area contributed by atoms with Crippen molar-refractivity contribution in [2.45, 2.75) is 75.8 Å². The van der Waals surface area contributed by atoms with Crippen LogP contribution in [0.25, 0.3) is 0 Å². The maximum absolute atomic E-state index is 12.0. The SMILES string of the molecule is Cc1cc(OCCCNC(=O)NC(CO)(CO)CO)ccc1Cc1c(O[C@@H]2O[C@H](CO)[C@@H](O)[C@H](O)[C@H]2O)n[nH]c1C(C)C. The van der Waals surface area contributed by atoms with Gasteiger partial charge in [0.25, 0.3) is 0 Å². The van der Waals surface area contributed by atoms with E-state index in [0.717, 1.165) is 22.4 Å². The molecule has 0 radical (unpaired) electrons. The van der Waals surface area contributed by atoms with Gasteiger partial charge in [0, 0.05) is 24.2 Å². The molecule has 1 aromatic heterocycles. The second kappa shape index (κ2) is 15.6. The summed E-state index contributed by atoms with van der Waals surface area (Å²) in [6.45, 7) is 4.05. The Labute approximate surface area is 249 Å². The lowest BCUT2D eigenvalue weighted by molar-refractivity contribution is -0.278. The number of H-pyrrole nitrogens is 1. The molecule has 1 fully saturated rings. The molecule has 15 nitrogen and oxygen atoms in total. The zero-order valence-electron chi connectivity index (χ0n) is 24.6. The number of amides is 2. The summed E-state index contributed by atoms with van der Waals surface area (Å²) < 4.78 is 17.2. The molecule has 1 aromatic carbocycles. The van der Waals surface area contributed by atoms with E-state index in [9.17, 15) is 40.5 Å². The molecule has 5 atom stereocenters. The number of aliphatic hydroxyl groups excluding tert-OH is 7. The topological polar surface area (TPSA) is 239 Å². The quantitative estimate of drug-likeness (QED) is 0.102. The number of ether oxygens (including phenoxy) is 3. The Balaban J connectivity index is 1.60. The van der Waals surface area contributed by atoms with E-state index < -0.39 is 68.7 Å². The van der Waals surface area contributed by atoms with Crippen molar-refractivity contribution in [1.29, 1.82) is 0 Å². The molecule has 10 N–H and O–H groups in total. The van der Waals surface area contributed by atoms with Gasteiger partial charge in [-0.15, -0.1) is 5.10 Å². The average Bonchev–Trinajstić information content (AvgIpc) is 3.39. The maximum atomic E-state index is 12.0. The molecule has 1 aliphatic rings. The number of carbonyl (C=O) groups is 1. The molecule has 15 heteroatoms. The summed E-state index contributed by atoms with van der Waals surface area (Å²) in [4.78, 5) is 12.0. The highest BCUT2D eigenvalue weighted by Crippen LogP contribution is 2.32. The second-order valence-electron chi connectivity index (χ2n) is 11.0. The van der Waals surface area contributed by atoms with Crippen LogP contribution in [0.1, 0.15) is 48.6 Å². The molecule has 1 saturated heterocycles. The van der Waals surface area contributed by atoms with Gasteiger partial charge in [0.2, 0.25) is 12.2 Å². The smallest absolute Gasteiger partial charge is 0.315 e. The van der Waals surface area contributed by atoms with E-state index in [1.807, 2.05) is 39.0 Å². The Morgan fingerprint density at radius 2 is 1.79 bits per heavy atom. The van der Waals surface area contributed by atoms with Gasteiger partial charge in [-0.3, -0.25) is 5.10 Å². The zero-order valence-corrected chi connectivity index (χ0v) is 24.6. The largest absolute Gasteiger partial charge is 0.494 e. The zero-order chi connectivity index (χ0) is 31.7. The first kappa shape index (κ1) is 34.5. The molecule has 43 heavy (non-hydrogen) atoms. The van der Waals surface area contributed by atoms with Gasteiger partial charge < -0.3 is 60.6 Å². The highest BCUT2D eigenvalue weighted by Gasteiger charge is 2.45. The van der Waals surface area contributed by atoms with E-state index in [0.29, 0.717) is 25.2 Å². The number of nitrogens with one attached hydrogen (secondary N) is 3. The van der Waals surface area contributed by atoms with Gasteiger partial charge in [0.15, 0.2) is 0 Å². The van der Waals surface area contributed by atoms with Gasteiger partial charge >= 0.3 is 6.03 Å². The normalized spacial score (nSPS) is 22.4. The van der Waals surface area contributed by atoms with E-state index in [-0.39, 0.29) is 18.3 Å². The second-order valence-corrected chi connectivity index (χ2v) is 11.0. The summed E-state index contributed by atoms with van der Waals surface area (Å²) in [6, 6.07) is 4.96. The molecular formula is C28H44N4O11. The number of aromatic amines is 1. The Hall–Kier alpha value is -3.02. The molecule has 3 rings (SSSR count). The van der Waals surface area contributed by atoms with Crippen LogP contribution in [0.5, 0.6) is 11.6 Å². The third kappa shape index (κ3) is 8.55. The number of hydrogen-bond donors (Lipinski definition) is 10. The minimum Gasteiger partial charge on any atom is -0.494 e. The van der Waals surface area contributed by atoms with Crippen molar-refractivity contribution in [3.8, 4) is 11.6 Å². The summed E-state index contributed by atoms with van der Waals surface area (Å²) >= 11 is 0. The first-order valence-electron chi connectivity index (χ1n) is 14.1. The van der Waals surface area contributed by atoms with Gasteiger partial charge in [0.1, 0.15) is 35.7 Å². The van der Waals surface area contributed by atoms with Crippen LogP contribution in [0, 0.1) is 6.92 Å². The Morgan fingerprint density at radius 3 is 2.40 bits per heavy atom. The minimum atomic E-state index is -1.58. The number of aryl methyl sites for hydroxylation is 1. The number of hydrogen-bond acceptors (Lipinski definition) is 12. The van der Waals surface area contributed by atoms with Crippen molar-refractivity contribution in [2.75, 3.05) is 39.6 Å². The summed E-state index contributed by atoms with van der Waals surface area (Å²) in [5.74, 6) is 0.846. The van der Waals surface area contributed by atoms with Crippen LogP contribution in [-0.2, 0) is 11.2 Å². The van der Waals surface area contributed by atoms with Crippen LogP contribution in [0.4, 0.5) is 4.79 Å². The number of aromatic nitrogens is 2. The molecule has 2 aromatic rings. The Bertz CT molecular complexity index is 1160. The fourth-order valence-electron chi connectivity index (χ4n) is 4.55. The van der Waals surface area contributed by atoms with Crippen molar-refractivity contribution in [3.05, 3.63) is 40.6 Å². The summed E-state index contributed by atoms with van der Waals surface area (Å²) in [5, 5.41) is 80.2.